The van der Waals surface area contributed by atoms with Crippen molar-refractivity contribution in [2.24, 2.45) is 0 Å². The van der Waals surface area contributed by atoms with Crippen LogP contribution in [0.3, 0.4) is 0 Å². The maximum absolute atomic E-state index is 13.7. The molecule has 2 aromatic carbocycles. The number of anilines is 1. The standard InChI is InChI=1S/C25H30Cl3N3O4S/c1-16-8-10-19(26)13-23(16)31(36(3,34)35)15-24(32)30(14-18-9-11-21(27)22(28)12-18)17(2)25(33)29-20-6-4-5-7-20/h8-13,17,20H,4-7,14-15H2,1-3H3,(H,29,33)/t17-/m0/s1. The number of hydrogen-bond acceptors (Lipinski definition) is 4. The van der Waals surface area contributed by atoms with Gasteiger partial charge >= 0.3 is 0 Å². The maximum Gasteiger partial charge on any atom is 0.244 e. The Morgan fingerprint density at radius 1 is 1.06 bits per heavy atom. The molecule has 2 amide bonds. The summed E-state index contributed by atoms with van der Waals surface area (Å²) in [7, 11) is -3.85. The fraction of sp³-hybridized carbons (Fsp3) is 0.440. The summed E-state index contributed by atoms with van der Waals surface area (Å²) in [5.41, 5.74) is 1.60. The van der Waals surface area contributed by atoms with E-state index in [-0.39, 0.29) is 18.5 Å². The number of carbonyl (C=O) groups is 2. The quantitative estimate of drug-likeness (QED) is 0.446. The monoisotopic (exact) mass is 573 g/mol. The topological polar surface area (TPSA) is 86.8 Å². The molecule has 0 spiro atoms. The summed E-state index contributed by atoms with van der Waals surface area (Å²) in [6, 6.07) is 9.01. The lowest BCUT2D eigenvalue weighted by molar-refractivity contribution is -0.139. The third-order valence-corrected chi connectivity index (χ3v) is 8.43. The van der Waals surface area contributed by atoms with Crippen LogP contribution in [0.5, 0.6) is 0 Å². The molecule has 11 heteroatoms. The lowest BCUT2D eigenvalue weighted by Gasteiger charge is -2.32. The number of halogens is 3. The Labute approximate surface area is 227 Å². The van der Waals surface area contributed by atoms with Crippen LogP contribution in [-0.4, -0.2) is 50.0 Å². The smallest absolute Gasteiger partial charge is 0.244 e. The second-order valence-electron chi connectivity index (χ2n) is 9.14. The first-order valence-electron chi connectivity index (χ1n) is 11.6. The molecule has 196 valence electrons. The molecule has 1 atom stereocenters. The van der Waals surface area contributed by atoms with Gasteiger partial charge in [0.25, 0.3) is 0 Å². The molecular weight excluding hydrogens is 545 g/mol. The van der Waals surface area contributed by atoms with Crippen LogP contribution in [0.15, 0.2) is 36.4 Å². The predicted octanol–water partition coefficient (Wildman–Crippen LogP) is 5.20. The van der Waals surface area contributed by atoms with E-state index < -0.39 is 28.5 Å². The lowest BCUT2D eigenvalue weighted by atomic mass is 10.1. The lowest BCUT2D eigenvalue weighted by Crippen LogP contribution is -2.52. The van der Waals surface area contributed by atoms with Gasteiger partial charge in [0, 0.05) is 17.6 Å². The normalized spacial score (nSPS) is 14.9. The summed E-state index contributed by atoms with van der Waals surface area (Å²) < 4.78 is 26.5. The molecule has 0 aliphatic heterocycles. The first-order chi connectivity index (χ1) is 16.9. The fourth-order valence-electron chi connectivity index (χ4n) is 4.26. The van der Waals surface area contributed by atoms with Crippen LogP contribution in [0, 0.1) is 6.92 Å². The highest BCUT2D eigenvalue weighted by molar-refractivity contribution is 7.92. The van der Waals surface area contributed by atoms with E-state index in [9.17, 15) is 18.0 Å². The second-order valence-corrected chi connectivity index (χ2v) is 12.3. The molecule has 0 aromatic heterocycles. The molecule has 0 radical (unpaired) electrons. The van der Waals surface area contributed by atoms with Gasteiger partial charge in [-0.25, -0.2) is 8.42 Å². The molecule has 1 N–H and O–H groups in total. The average molecular weight is 575 g/mol. The number of amides is 2. The second kappa shape index (κ2) is 12.0. The van der Waals surface area contributed by atoms with Crippen molar-refractivity contribution >= 4 is 62.3 Å². The summed E-state index contributed by atoms with van der Waals surface area (Å²) >= 11 is 18.3. The van der Waals surface area contributed by atoms with Gasteiger partial charge in [0.05, 0.1) is 22.0 Å². The number of sulfonamides is 1. The molecule has 0 heterocycles. The molecule has 0 unspecified atom stereocenters. The van der Waals surface area contributed by atoms with E-state index in [1.165, 1.54) is 11.0 Å². The molecule has 1 aliphatic carbocycles. The fourth-order valence-corrected chi connectivity index (χ4v) is 5.64. The van der Waals surface area contributed by atoms with Crippen molar-refractivity contribution in [2.75, 3.05) is 17.1 Å². The van der Waals surface area contributed by atoms with Crippen LogP contribution < -0.4 is 9.62 Å². The van der Waals surface area contributed by atoms with Gasteiger partial charge in [-0.3, -0.25) is 13.9 Å². The molecule has 2 aromatic rings. The first kappa shape index (κ1) is 28.6. The van der Waals surface area contributed by atoms with Crippen LogP contribution in [-0.2, 0) is 26.2 Å². The number of benzene rings is 2. The van der Waals surface area contributed by atoms with Gasteiger partial charge in [-0.1, -0.05) is 59.8 Å². The van der Waals surface area contributed by atoms with E-state index in [1.807, 2.05) is 0 Å². The van der Waals surface area contributed by atoms with Crippen LogP contribution >= 0.6 is 34.8 Å². The van der Waals surface area contributed by atoms with Gasteiger partial charge < -0.3 is 10.2 Å². The zero-order valence-electron chi connectivity index (χ0n) is 20.4. The minimum absolute atomic E-state index is 0.0428. The zero-order chi connectivity index (χ0) is 26.6. The maximum atomic E-state index is 13.7. The third kappa shape index (κ3) is 7.28. The average Bonchev–Trinajstić information content (AvgIpc) is 3.31. The van der Waals surface area contributed by atoms with Gasteiger partial charge in [-0.2, -0.15) is 0 Å². The first-order valence-corrected chi connectivity index (χ1v) is 14.6. The summed E-state index contributed by atoms with van der Waals surface area (Å²) in [6.45, 7) is 2.91. The SMILES string of the molecule is Cc1ccc(Cl)cc1N(CC(=O)N(Cc1ccc(Cl)c(Cl)c1)[C@@H](C)C(=O)NC1CCCC1)S(C)(=O)=O. The number of carbonyl (C=O) groups excluding carboxylic acids is 2. The van der Waals surface area contributed by atoms with E-state index in [0.717, 1.165) is 36.2 Å². The van der Waals surface area contributed by atoms with Crippen molar-refractivity contribution in [1.29, 1.82) is 0 Å². The van der Waals surface area contributed by atoms with Gasteiger partial charge in [-0.05, 0) is 62.1 Å². The van der Waals surface area contributed by atoms with Crippen molar-refractivity contribution in [1.82, 2.24) is 10.2 Å². The summed E-state index contributed by atoms with van der Waals surface area (Å²) in [5, 5.41) is 4.05. The van der Waals surface area contributed by atoms with E-state index in [4.69, 9.17) is 34.8 Å². The summed E-state index contributed by atoms with van der Waals surface area (Å²) in [4.78, 5) is 28.1. The molecule has 0 bridgehead atoms. The van der Waals surface area contributed by atoms with Crippen molar-refractivity contribution in [3.63, 3.8) is 0 Å². The van der Waals surface area contributed by atoms with Gasteiger partial charge in [0.15, 0.2) is 0 Å². The van der Waals surface area contributed by atoms with Crippen molar-refractivity contribution in [3.05, 3.63) is 62.6 Å². The molecule has 1 fully saturated rings. The molecule has 36 heavy (non-hydrogen) atoms. The Morgan fingerprint density at radius 2 is 1.72 bits per heavy atom. The van der Waals surface area contributed by atoms with Crippen molar-refractivity contribution in [3.8, 4) is 0 Å². The van der Waals surface area contributed by atoms with Gasteiger partial charge in [0.2, 0.25) is 21.8 Å². The number of nitrogens with one attached hydrogen (secondary N) is 1. The van der Waals surface area contributed by atoms with Crippen molar-refractivity contribution < 1.29 is 18.0 Å². The Balaban J connectivity index is 1.93. The van der Waals surface area contributed by atoms with Crippen LogP contribution in [0.2, 0.25) is 15.1 Å². The van der Waals surface area contributed by atoms with Crippen LogP contribution in [0.25, 0.3) is 0 Å². The minimum atomic E-state index is -3.85. The van der Waals surface area contributed by atoms with Gasteiger partial charge in [0.1, 0.15) is 12.6 Å². The molecule has 3 rings (SSSR count). The van der Waals surface area contributed by atoms with Crippen molar-refractivity contribution in [2.45, 2.75) is 58.2 Å². The number of hydrogen-bond donors (Lipinski definition) is 1. The molecule has 1 saturated carbocycles. The molecule has 7 nitrogen and oxygen atoms in total. The Bertz CT molecular complexity index is 1230. The summed E-state index contributed by atoms with van der Waals surface area (Å²) in [5.74, 6) is -0.833. The van der Waals surface area contributed by atoms with Crippen LogP contribution in [0.1, 0.15) is 43.7 Å². The number of nitrogens with zero attached hydrogens (tertiary/aromatic N) is 2. The molecule has 1 aliphatic rings. The van der Waals surface area contributed by atoms with E-state index >= 15 is 0 Å². The highest BCUT2D eigenvalue weighted by Crippen LogP contribution is 2.28. The van der Waals surface area contributed by atoms with Gasteiger partial charge in [-0.15, -0.1) is 0 Å². The Kier molecular flexibility index (Phi) is 9.55. The Morgan fingerprint density at radius 3 is 2.33 bits per heavy atom. The molecular formula is C25H30Cl3N3O4S. The number of aryl methyl sites for hydroxylation is 1. The van der Waals surface area contributed by atoms with E-state index in [2.05, 4.69) is 5.32 Å². The minimum Gasteiger partial charge on any atom is -0.352 e. The largest absolute Gasteiger partial charge is 0.352 e. The Hall–Kier alpha value is -2.00. The van der Waals surface area contributed by atoms with Crippen LogP contribution in [0.4, 0.5) is 5.69 Å². The highest BCUT2D eigenvalue weighted by Gasteiger charge is 2.32. The van der Waals surface area contributed by atoms with E-state index in [0.29, 0.717) is 31.9 Å². The summed E-state index contributed by atoms with van der Waals surface area (Å²) in [6.07, 6.45) is 4.92. The van der Waals surface area contributed by atoms with E-state index in [1.54, 1.807) is 44.2 Å². The number of rotatable bonds is 9. The molecule has 0 saturated heterocycles. The predicted molar refractivity (Wildman–Crippen MR) is 145 cm³/mol. The third-order valence-electron chi connectivity index (χ3n) is 6.32. The zero-order valence-corrected chi connectivity index (χ0v) is 23.5. The highest BCUT2D eigenvalue weighted by atomic mass is 35.5.